The lowest BCUT2D eigenvalue weighted by molar-refractivity contribution is -0.374. The van der Waals surface area contributed by atoms with Gasteiger partial charge < -0.3 is 14.9 Å². The van der Waals surface area contributed by atoms with E-state index in [-0.39, 0.29) is 25.2 Å². The second kappa shape index (κ2) is 7.44. The molecule has 0 saturated heterocycles. The Balaban J connectivity index is 2.17. The van der Waals surface area contributed by atoms with Crippen LogP contribution in [0.25, 0.3) is 0 Å². The highest BCUT2D eigenvalue weighted by Gasteiger charge is 2.71. The van der Waals surface area contributed by atoms with E-state index in [4.69, 9.17) is 4.74 Å². The number of fused-ring (bicyclic) bond motifs is 2. The van der Waals surface area contributed by atoms with Crippen molar-refractivity contribution in [1.29, 1.82) is 0 Å². The summed E-state index contributed by atoms with van der Waals surface area (Å²) in [5.74, 6) is -2.51. The van der Waals surface area contributed by atoms with Crippen LogP contribution in [-0.4, -0.2) is 46.7 Å². The fourth-order valence-electron chi connectivity index (χ4n) is 4.42. The molecule has 0 amide bonds. The first kappa shape index (κ1) is 24.5. The van der Waals surface area contributed by atoms with E-state index < -0.39 is 66.6 Å². The number of alkyl halides is 9. The van der Waals surface area contributed by atoms with Gasteiger partial charge in [0.05, 0.1) is 6.10 Å². The van der Waals surface area contributed by atoms with E-state index in [1.165, 1.54) is 6.92 Å². The zero-order valence-electron chi connectivity index (χ0n) is 15.6. The summed E-state index contributed by atoms with van der Waals surface area (Å²) >= 11 is 0. The van der Waals surface area contributed by atoms with Gasteiger partial charge in [-0.05, 0) is 56.8 Å². The van der Waals surface area contributed by atoms with Gasteiger partial charge in [-0.2, -0.15) is 39.5 Å². The molecular formula is C17H23F9O3. The standard InChI is InChI=1S/C17H23F9O3/c1-3-13(2,15(18,19)20)12(27)29-11-6-8-4-9(10(11)5-8)7-14(28,16(21,22)23)17(24,25)26/h8-12,27-28H,3-7H2,1-2H3. The summed E-state index contributed by atoms with van der Waals surface area (Å²) in [5, 5.41) is 19.4. The Hall–Kier alpha value is -0.750. The number of aliphatic hydroxyl groups is 2. The largest absolute Gasteiger partial charge is 0.426 e. The molecule has 0 heterocycles. The molecule has 29 heavy (non-hydrogen) atoms. The summed E-state index contributed by atoms with van der Waals surface area (Å²) < 4.78 is 123. The summed E-state index contributed by atoms with van der Waals surface area (Å²) in [7, 11) is 0. The summed E-state index contributed by atoms with van der Waals surface area (Å²) in [5.41, 5.74) is -7.55. The van der Waals surface area contributed by atoms with Crippen molar-refractivity contribution in [2.45, 2.75) is 82.5 Å². The van der Waals surface area contributed by atoms with E-state index in [9.17, 15) is 49.7 Å². The molecule has 12 heteroatoms. The maximum atomic E-state index is 13.3. The Morgan fingerprint density at radius 1 is 0.897 bits per heavy atom. The van der Waals surface area contributed by atoms with Gasteiger partial charge in [-0.1, -0.05) is 6.92 Å². The molecule has 0 aromatic carbocycles. The van der Waals surface area contributed by atoms with Crippen LogP contribution in [0.3, 0.4) is 0 Å². The van der Waals surface area contributed by atoms with E-state index >= 15 is 0 Å². The molecule has 0 aromatic heterocycles. The Morgan fingerprint density at radius 3 is 1.79 bits per heavy atom. The first-order valence-corrected chi connectivity index (χ1v) is 9.13. The molecule has 172 valence electrons. The average Bonchev–Trinajstić information content (AvgIpc) is 3.10. The first-order valence-electron chi connectivity index (χ1n) is 9.13. The topological polar surface area (TPSA) is 49.7 Å². The molecular weight excluding hydrogens is 423 g/mol. The van der Waals surface area contributed by atoms with Crippen LogP contribution in [0.2, 0.25) is 0 Å². The van der Waals surface area contributed by atoms with E-state index in [1.54, 1.807) is 0 Å². The highest BCUT2D eigenvalue weighted by atomic mass is 19.4. The minimum Gasteiger partial charge on any atom is -0.374 e. The molecule has 2 bridgehead atoms. The van der Waals surface area contributed by atoms with Gasteiger partial charge in [0.2, 0.25) is 0 Å². The summed E-state index contributed by atoms with van der Waals surface area (Å²) in [6.07, 6.45) is -22.1. The van der Waals surface area contributed by atoms with Gasteiger partial charge >= 0.3 is 18.5 Å². The van der Waals surface area contributed by atoms with Crippen LogP contribution in [0, 0.1) is 23.2 Å². The van der Waals surface area contributed by atoms with Gasteiger partial charge in [-0.25, -0.2) is 0 Å². The normalized spacial score (nSPS) is 31.8. The summed E-state index contributed by atoms with van der Waals surface area (Å²) in [6.45, 7) is 1.91. The third kappa shape index (κ3) is 4.21. The van der Waals surface area contributed by atoms with E-state index in [2.05, 4.69) is 0 Å². The van der Waals surface area contributed by atoms with E-state index in [1.807, 2.05) is 0 Å². The number of aliphatic hydroxyl groups excluding tert-OH is 1. The van der Waals surface area contributed by atoms with Crippen LogP contribution in [0.5, 0.6) is 0 Å². The maximum Gasteiger partial charge on any atom is 0.426 e. The van der Waals surface area contributed by atoms with Crippen molar-refractivity contribution in [3.8, 4) is 0 Å². The van der Waals surface area contributed by atoms with Crippen molar-refractivity contribution >= 4 is 0 Å². The second-order valence-corrected chi connectivity index (χ2v) is 8.35. The monoisotopic (exact) mass is 446 g/mol. The van der Waals surface area contributed by atoms with Crippen molar-refractivity contribution < 1.29 is 54.5 Å². The van der Waals surface area contributed by atoms with E-state index in [0.29, 0.717) is 0 Å². The highest BCUT2D eigenvalue weighted by Crippen LogP contribution is 2.57. The third-order valence-corrected chi connectivity index (χ3v) is 6.62. The molecule has 2 aliphatic rings. The van der Waals surface area contributed by atoms with Crippen LogP contribution in [0.1, 0.15) is 46.0 Å². The summed E-state index contributed by atoms with van der Waals surface area (Å²) in [6, 6.07) is 0. The molecule has 6 unspecified atom stereocenters. The van der Waals surface area contributed by atoms with Gasteiger partial charge in [0.25, 0.3) is 5.60 Å². The van der Waals surface area contributed by atoms with Crippen LogP contribution in [-0.2, 0) is 4.74 Å². The number of hydrogen-bond donors (Lipinski definition) is 2. The van der Waals surface area contributed by atoms with Gasteiger partial charge in [-0.15, -0.1) is 0 Å². The van der Waals surface area contributed by atoms with Crippen molar-refractivity contribution in [1.82, 2.24) is 0 Å². The second-order valence-electron chi connectivity index (χ2n) is 8.35. The molecule has 6 atom stereocenters. The van der Waals surface area contributed by atoms with Gasteiger partial charge in [0.1, 0.15) is 5.41 Å². The molecule has 0 aliphatic heterocycles. The molecule has 2 rings (SSSR count). The Labute approximate surface area is 161 Å². The lowest BCUT2D eigenvalue weighted by Crippen LogP contribution is -2.58. The summed E-state index contributed by atoms with van der Waals surface area (Å²) in [4.78, 5) is 0. The number of halogens is 9. The Kier molecular flexibility index (Phi) is 6.29. The van der Waals surface area contributed by atoms with Crippen molar-refractivity contribution in [3.05, 3.63) is 0 Å². The van der Waals surface area contributed by atoms with Crippen molar-refractivity contribution in [2.75, 3.05) is 0 Å². The van der Waals surface area contributed by atoms with Crippen molar-refractivity contribution in [2.24, 2.45) is 23.2 Å². The maximum absolute atomic E-state index is 13.3. The predicted molar refractivity (Wildman–Crippen MR) is 81.3 cm³/mol. The lowest BCUT2D eigenvalue weighted by Gasteiger charge is -2.41. The third-order valence-electron chi connectivity index (χ3n) is 6.62. The predicted octanol–water partition coefficient (Wildman–Crippen LogP) is 4.96. The highest BCUT2D eigenvalue weighted by molar-refractivity contribution is 5.03. The van der Waals surface area contributed by atoms with Gasteiger partial charge in [0, 0.05) is 0 Å². The number of rotatable bonds is 6. The molecule has 2 aliphatic carbocycles. The van der Waals surface area contributed by atoms with Crippen LogP contribution in [0.4, 0.5) is 39.5 Å². The lowest BCUT2D eigenvalue weighted by atomic mass is 9.78. The molecule has 0 spiro atoms. The average molecular weight is 446 g/mol. The first-order chi connectivity index (χ1) is 12.9. The van der Waals surface area contributed by atoms with Crippen LogP contribution < -0.4 is 0 Å². The van der Waals surface area contributed by atoms with E-state index in [0.717, 1.165) is 6.92 Å². The fourth-order valence-corrected chi connectivity index (χ4v) is 4.42. The smallest absolute Gasteiger partial charge is 0.374 e. The zero-order valence-corrected chi connectivity index (χ0v) is 15.6. The molecule has 2 saturated carbocycles. The Bertz CT molecular complexity index is 572. The number of ether oxygens (including phenoxy) is 1. The minimum absolute atomic E-state index is 0.0284. The van der Waals surface area contributed by atoms with Crippen LogP contribution in [0.15, 0.2) is 0 Å². The van der Waals surface area contributed by atoms with Gasteiger partial charge in [-0.3, -0.25) is 0 Å². The molecule has 0 aromatic rings. The molecule has 3 nitrogen and oxygen atoms in total. The molecule has 0 radical (unpaired) electrons. The quantitative estimate of drug-likeness (QED) is 0.448. The Morgan fingerprint density at radius 2 is 1.41 bits per heavy atom. The zero-order chi connectivity index (χ0) is 22.6. The SMILES string of the molecule is CCC(C)(C(O)OC1CC2CC(CC(O)(C(F)(F)F)C(F)(F)F)C1C2)C(F)(F)F. The molecule has 2 fully saturated rings. The minimum atomic E-state index is -5.96. The fraction of sp³-hybridized carbons (Fsp3) is 1.00. The van der Waals surface area contributed by atoms with Crippen molar-refractivity contribution in [3.63, 3.8) is 0 Å². The van der Waals surface area contributed by atoms with Crippen LogP contribution >= 0.6 is 0 Å². The number of hydrogen-bond acceptors (Lipinski definition) is 3. The van der Waals surface area contributed by atoms with Gasteiger partial charge in [0.15, 0.2) is 6.29 Å². The molecule has 2 N–H and O–H groups in total.